The normalized spacial score (nSPS) is 19.1. The minimum atomic E-state index is -0.493. The Balaban J connectivity index is 2.39. The van der Waals surface area contributed by atoms with Crippen LogP contribution in [0.4, 0.5) is 0 Å². The molecule has 1 aromatic carbocycles. The van der Waals surface area contributed by atoms with Crippen LogP contribution in [-0.2, 0) is 0 Å². The van der Waals surface area contributed by atoms with Crippen molar-refractivity contribution in [3.8, 4) is 0 Å². The summed E-state index contributed by atoms with van der Waals surface area (Å²) in [6, 6.07) is 14.4. The maximum absolute atomic E-state index is 10.1. The third-order valence-electron chi connectivity index (χ3n) is 4.97. The molecule has 1 N–H and O–H groups in total. The van der Waals surface area contributed by atoms with Crippen molar-refractivity contribution in [3.63, 3.8) is 0 Å². The lowest BCUT2D eigenvalue weighted by molar-refractivity contribution is 0.199. The van der Waals surface area contributed by atoms with Crippen LogP contribution in [0.2, 0.25) is 0 Å². The Hall–Kier alpha value is -1.64. The van der Waals surface area contributed by atoms with Crippen LogP contribution in [0.25, 0.3) is 5.57 Å². The SMILES string of the molecule is C=C(c1cc(C)cccccc(C(C)O)c1)C1CCCN(CCC)C1. The molecular weight excluding hydrogens is 306 g/mol. The number of aliphatic hydroxyl groups excluding tert-OH is 1. The average Bonchev–Trinajstić information content (AvgIpc) is 2.59. The summed E-state index contributed by atoms with van der Waals surface area (Å²) in [5.41, 5.74) is 4.47. The van der Waals surface area contributed by atoms with Crippen molar-refractivity contribution in [1.82, 2.24) is 4.90 Å². The molecule has 0 amide bonds. The molecule has 2 nitrogen and oxygen atoms in total. The summed E-state index contributed by atoms with van der Waals surface area (Å²) < 4.78 is 0. The summed E-state index contributed by atoms with van der Waals surface area (Å²) in [7, 11) is 0. The lowest BCUT2D eigenvalue weighted by Crippen LogP contribution is -2.36. The van der Waals surface area contributed by atoms with Gasteiger partial charge in [-0.25, -0.2) is 0 Å². The van der Waals surface area contributed by atoms with E-state index in [0.29, 0.717) is 5.92 Å². The van der Waals surface area contributed by atoms with Gasteiger partial charge in [0, 0.05) is 6.54 Å². The number of likely N-dealkylation sites (tertiary alicyclic amines) is 1. The molecule has 25 heavy (non-hydrogen) atoms. The van der Waals surface area contributed by atoms with E-state index in [9.17, 15) is 5.11 Å². The first-order valence-electron chi connectivity index (χ1n) is 9.55. The van der Waals surface area contributed by atoms with Crippen LogP contribution in [0.5, 0.6) is 0 Å². The molecule has 2 atom stereocenters. The fraction of sp³-hybridized carbons (Fsp3) is 0.478. The van der Waals surface area contributed by atoms with Crippen molar-refractivity contribution in [3.05, 3.63) is 65.7 Å². The summed E-state index contributed by atoms with van der Waals surface area (Å²) in [5.74, 6) is 0.494. The highest BCUT2D eigenvalue weighted by atomic mass is 16.3. The summed E-state index contributed by atoms with van der Waals surface area (Å²) in [4.78, 5) is 2.56. The van der Waals surface area contributed by atoms with Crippen LogP contribution in [0.15, 0.2) is 49.0 Å². The number of piperidine rings is 1. The molecule has 136 valence electrons. The lowest BCUT2D eigenvalue weighted by atomic mass is 9.86. The molecule has 0 bridgehead atoms. The molecule has 1 aliphatic heterocycles. The van der Waals surface area contributed by atoms with Gasteiger partial charge in [0.1, 0.15) is 0 Å². The Morgan fingerprint density at radius 3 is 2.76 bits per heavy atom. The first-order chi connectivity index (χ1) is 12.0. The second-order valence-electron chi connectivity index (χ2n) is 7.24. The van der Waals surface area contributed by atoms with Gasteiger partial charge in [-0.05, 0) is 74.9 Å². The van der Waals surface area contributed by atoms with Gasteiger partial charge in [-0.2, -0.15) is 0 Å². The van der Waals surface area contributed by atoms with Gasteiger partial charge in [-0.1, -0.05) is 55.5 Å². The zero-order valence-corrected chi connectivity index (χ0v) is 16.0. The molecule has 1 aliphatic rings. The van der Waals surface area contributed by atoms with E-state index in [1.807, 2.05) is 31.2 Å². The highest BCUT2D eigenvalue weighted by molar-refractivity contribution is 5.66. The number of aryl methyl sites for hydroxylation is 1. The number of nitrogens with zero attached hydrogens (tertiary/aromatic N) is 1. The Kier molecular flexibility index (Phi) is 7.67. The van der Waals surface area contributed by atoms with Gasteiger partial charge in [0.15, 0.2) is 0 Å². The second kappa shape index (κ2) is 9.74. The Bertz CT molecular complexity index is 632. The molecule has 2 heteroatoms. The van der Waals surface area contributed by atoms with E-state index >= 15 is 0 Å². The fourth-order valence-electron chi connectivity index (χ4n) is 3.54. The molecule has 0 aromatic heterocycles. The lowest BCUT2D eigenvalue weighted by Gasteiger charge is -2.33. The third kappa shape index (κ3) is 5.98. The van der Waals surface area contributed by atoms with Crippen LogP contribution < -0.4 is 0 Å². The van der Waals surface area contributed by atoms with Crippen molar-refractivity contribution in [1.29, 1.82) is 0 Å². The van der Waals surface area contributed by atoms with Gasteiger partial charge in [0.2, 0.25) is 0 Å². The van der Waals surface area contributed by atoms with Crippen LogP contribution in [-0.4, -0.2) is 29.6 Å². The molecule has 0 saturated carbocycles. The zero-order valence-electron chi connectivity index (χ0n) is 16.0. The van der Waals surface area contributed by atoms with E-state index in [4.69, 9.17) is 0 Å². The zero-order chi connectivity index (χ0) is 18.2. The topological polar surface area (TPSA) is 23.5 Å². The summed E-state index contributed by atoms with van der Waals surface area (Å²) in [6.45, 7) is 14.1. The van der Waals surface area contributed by atoms with Gasteiger partial charge in [-0.15, -0.1) is 0 Å². The maximum atomic E-state index is 10.1. The Morgan fingerprint density at radius 1 is 1.28 bits per heavy atom. The maximum Gasteiger partial charge on any atom is 0.0762 e. The molecule has 0 radical (unpaired) electrons. The first-order valence-corrected chi connectivity index (χ1v) is 9.55. The smallest absolute Gasteiger partial charge is 0.0762 e. The van der Waals surface area contributed by atoms with Gasteiger partial charge >= 0.3 is 0 Å². The molecular formula is C23H33NO. The second-order valence-corrected chi connectivity index (χ2v) is 7.24. The van der Waals surface area contributed by atoms with E-state index in [2.05, 4.69) is 43.5 Å². The molecule has 1 fully saturated rings. The van der Waals surface area contributed by atoms with E-state index in [1.165, 1.54) is 43.5 Å². The number of hydrogen-bond acceptors (Lipinski definition) is 2. The molecule has 2 rings (SSSR count). The van der Waals surface area contributed by atoms with Gasteiger partial charge in [0.05, 0.1) is 6.10 Å². The molecule has 0 spiro atoms. The summed E-state index contributed by atoms with van der Waals surface area (Å²) in [5, 5.41) is 10.1. The van der Waals surface area contributed by atoms with Crippen molar-refractivity contribution in [2.24, 2.45) is 5.92 Å². The molecule has 1 saturated heterocycles. The Morgan fingerprint density at radius 2 is 2.04 bits per heavy atom. The van der Waals surface area contributed by atoms with Gasteiger partial charge in [-0.3, -0.25) is 0 Å². The summed E-state index contributed by atoms with van der Waals surface area (Å²) in [6.07, 6.45) is 3.15. The van der Waals surface area contributed by atoms with E-state index < -0.39 is 6.10 Å². The van der Waals surface area contributed by atoms with E-state index in [-0.39, 0.29) is 0 Å². The predicted octanol–water partition coefficient (Wildman–Crippen LogP) is 5.31. The van der Waals surface area contributed by atoms with Crippen LogP contribution in [0.1, 0.15) is 55.9 Å². The largest absolute Gasteiger partial charge is 0.389 e. The van der Waals surface area contributed by atoms with E-state index in [1.54, 1.807) is 0 Å². The molecule has 1 heterocycles. The van der Waals surface area contributed by atoms with Crippen LogP contribution in [0, 0.1) is 12.8 Å². The van der Waals surface area contributed by atoms with Crippen molar-refractivity contribution < 1.29 is 5.11 Å². The number of aliphatic hydroxyl groups is 1. The van der Waals surface area contributed by atoms with Crippen molar-refractivity contribution in [2.75, 3.05) is 19.6 Å². The number of rotatable bonds is 5. The summed E-state index contributed by atoms with van der Waals surface area (Å²) >= 11 is 0. The third-order valence-corrected chi connectivity index (χ3v) is 4.97. The standard InChI is InChI=1S/C23H33NO/c1-5-13-24-14-9-12-22(17-24)19(3)23-15-18(2)10-7-6-8-11-21(16-23)20(4)25/h6-8,10-11,15-16,20,22,25H,3,5,9,12-14,17H2,1-2,4H3. The quantitative estimate of drug-likeness (QED) is 0.786. The van der Waals surface area contributed by atoms with Crippen LogP contribution in [0.3, 0.4) is 0 Å². The van der Waals surface area contributed by atoms with Crippen molar-refractivity contribution in [2.45, 2.75) is 46.1 Å². The monoisotopic (exact) mass is 339 g/mol. The van der Waals surface area contributed by atoms with Crippen LogP contribution >= 0.6 is 0 Å². The predicted molar refractivity (Wildman–Crippen MR) is 108 cm³/mol. The van der Waals surface area contributed by atoms with Gasteiger partial charge < -0.3 is 10.0 Å². The minimum absolute atomic E-state index is 0.493. The Labute approximate surface area is 153 Å². The average molecular weight is 340 g/mol. The first kappa shape index (κ1) is 19.7. The molecule has 2 unspecified atom stereocenters. The highest BCUT2D eigenvalue weighted by Crippen LogP contribution is 2.30. The minimum Gasteiger partial charge on any atom is -0.389 e. The molecule has 1 aromatic rings. The van der Waals surface area contributed by atoms with E-state index in [0.717, 1.165) is 17.7 Å². The van der Waals surface area contributed by atoms with Gasteiger partial charge in [0.25, 0.3) is 0 Å². The number of hydrogen-bond donors (Lipinski definition) is 1. The molecule has 0 aliphatic carbocycles. The highest BCUT2D eigenvalue weighted by Gasteiger charge is 2.22. The fourth-order valence-corrected chi connectivity index (χ4v) is 3.54. The van der Waals surface area contributed by atoms with Crippen molar-refractivity contribution >= 4 is 5.57 Å².